The van der Waals surface area contributed by atoms with E-state index in [0.29, 0.717) is 34.2 Å². The first-order valence-corrected chi connectivity index (χ1v) is 9.43. The Hall–Kier alpha value is -4.00. The second-order valence-corrected chi connectivity index (χ2v) is 6.63. The summed E-state index contributed by atoms with van der Waals surface area (Å²) in [6, 6.07) is 21.1. The highest BCUT2D eigenvalue weighted by atomic mass is 16.7. The maximum atomic E-state index is 12.7. The van der Waals surface area contributed by atoms with Crippen LogP contribution in [0.15, 0.2) is 72.8 Å². The highest BCUT2D eigenvalue weighted by molar-refractivity contribution is 6.06. The fourth-order valence-electron chi connectivity index (χ4n) is 2.94. The van der Waals surface area contributed by atoms with Crippen molar-refractivity contribution in [3.8, 4) is 17.2 Å². The van der Waals surface area contributed by atoms with Gasteiger partial charge in [-0.1, -0.05) is 30.3 Å². The lowest BCUT2D eigenvalue weighted by molar-refractivity contribution is -0.122. The summed E-state index contributed by atoms with van der Waals surface area (Å²) in [4.78, 5) is 25.2. The molecule has 7 heteroatoms. The number of carbonyl (C=O) groups excluding carboxylic acids is 2. The fourth-order valence-corrected chi connectivity index (χ4v) is 2.94. The molecular weight excluding hydrogens is 384 g/mol. The van der Waals surface area contributed by atoms with Crippen molar-refractivity contribution in [1.82, 2.24) is 0 Å². The van der Waals surface area contributed by atoms with E-state index in [-0.39, 0.29) is 18.6 Å². The Morgan fingerprint density at radius 3 is 2.43 bits per heavy atom. The minimum Gasteiger partial charge on any atom is -0.480 e. The largest absolute Gasteiger partial charge is 0.480 e. The zero-order valence-electron chi connectivity index (χ0n) is 16.3. The molecular formula is C23H20N2O5. The number of anilines is 2. The lowest BCUT2D eigenvalue weighted by Gasteiger charge is -2.17. The topological polar surface area (TPSA) is 85.9 Å². The molecule has 0 fully saturated rings. The van der Waals surface area contributed by atoms with Crippen LogP contribution < -0.4 is 24.8 Å². The molecule has 1 atom stereocenters. The van der Waals surface area contributed by atoms with Crippen molar-refractivity contribution in [3.05, 3.63) is 78.4 Å². The smallest absolute Gasteiger partial charge is 0.265 e. The summed E-state index contributed by atoms with van der Waals surface area (Å²) < 4.78 is 16.4. The van der Waals surface area contributed by atoms with Crippen LogP contribution in [-0.2, 0) is 4.79 Å². The summed E-state index contributed by atoms with van der Waals surface area (Å²) >= 11 is 0. The highest BCUT2D eigenvalue weighted by Crippen LogP contribution is 2.34. The maximum absolute atomic E-state index is 12.7. The van der Waals surface area contributed by atoms with Gasteiger partial charge in [0.2, 0.25) is 6.79 Å². The van der Waals surface area contributed by atoms with Crippen LogP contribution in [0.2, 0.25) is 0 Å². The van der Waals surface area contributed by atoms with Crippen LogP contribution in [0.25, 0.3) is 0 Å². The van der Waals surface area contributed by atoms with Gasteiger partial charge >= 0.3 is 0 Å². The molecule has 152 valence electrons. The average molecular weight is 404 g/mol. The lowest BCUT2D eigenvalue weighted by atomic mass is 10.1. The standard InChI is InChI=1S/C23H20N2O5/c1-15(22(26)25-17-11-12-20-21(13-17)29-14-28-20)30-19-10-6-5-9-18(19)23(27)24-16-7-3-2-4-8-16/h2-13,15H,14H2,1H3,(H,24,27)(H,25,26)/t15-/m0/s1. The van der Waals surface area contributed by atoms with Crippen LogP contribution >= 0.6 is 0 Å². The van der Waals surface area contributed by atoms with Crippen molar-refractivity contribution in [3.63, 3.8) is 0 Å². The summed E-state index contributed by atoms with van der Waals surface area (Å²) in [6.07, 6.45) is -0.832. The monoisotopic (exact) mass is 404 g/mol. The van der Waals surface area contributed by atoms with Gasteiger partial charge in [0.05, 0.1) is 5.56 Å². The van der Waals surface area contributed by atoms with E-state index < -0.39 is 6.10 Å². The number of hydrogen-bond donors (Lipinski definition) is 2. The van der Waals surface area contributed by atoms with Gasteiger partial charge in [-0.25, -0.2) is 0 Å². The molecule has 3 aromatic rings. The van der Waals surface area contributed by atoms with Crippen LogP contribution in [0.1, 0.15) is 17.3 Å². The third kappa shape index (κ3) is 4.35. The third-order valence-corrected chi connectivity index (χ3v) is 4.48. The predicted octanol–water partition coefficient (Wildman–Crippen LogP) is 4.07. The Morgan fingerprint density at radius 2 is 1.60 bits per heavy atom. The number of carbonyl (C=O) groups is 2. The number of hydrogen-bond acceptors (Lipinski definition) is 5. The van der Waals surface area contributed by atoms with Crippen LogP contribution in [0.3, 0.4) is 0 Å². The van der Waals surface area contributed by atoms with Crippen LogP contribution in [0, 0.1) is 0 Å². The van der Waals surface area contributed by atoms with E-state index >= 15 is 0 Å². The maximum Gasteiger partial charge on any atom is 0.265 e. The van der Waals surface area contributed by atoms with Gasteiger partial charge in [-0.2, -0.15) is 0 Å². The first-order chi connectivity index (χ1) is 14.6. The van der Waals surface area contributed by atoms with E-state index in [4.69, 9.17) is 14.2 Å². The summed E-state index contributed by atoms with van der Waals surface area (Å²) in [6.45, 7) is 1.78. The first-order valence-electron chi connectivity index (χ1n) is 9.43. The van der Waals surface area contributed by atoms with Gasteiger partial charge in [0.1, 0.15) is 5.75 Å². The number of rotatable bonds is 6. The summed E-state index contributed by atoms with van der Waals surface area (Å²) in [7, 11) is 0. The molecule has 0 unspecified atom stereocenters. The highest BCUT2D eigenvalue weighted by Gasteiger charge is 2.20. The number of benzene rings is 3. The van der Waals surface area contributed by atoms with Crippen molar-refractivity contribution in [2.75, 3.05) is 17.4 Å². The number of amides is 2. The Labute approximate surface area is 173 Å². The quantitative estimate of drug-likeness (QED) is 0.647. The van der Waals surface area contributed by atoms with E-state index in [2.05, 4.69) is 10.6 Å². The molecule has 0 aromatic heterocycles. The van der Waals surface area contributed by atoms with E-state index in [0.717, 1.165) is 0 Å². The average Bonchev–Trinajstić information content (AvgIpc) is 3.22. The minimum absolute atomic E-state index is 0.161. The Balaban J connectivity index is 1.43. The lowest BCUT2D eigenvalue weighted by Crippen LogP contribution is -2.30. The number of nitrogens with one attached hydrogen (secondary N) is 2. The second kappa shape index (κ2) is 8.57. The van der Waals surface area contributed by atoms with Gasteiger partial charge in [-0.3, -0.25) is 9.59 Å². The van der Waals surface area contributed by atoms with Gasteiger partial charge in [-0.15, -0.1) is 0 Å². The molecule has 0 saturated carbocycles. The molecule has 2 N–H and O–H groups in total. The van der Waals surface area contributed by atoms with Crippen molar-refractivity contribution in [2.24, 2.45) is 0 Å². The molecule has 0 spiro atoms. The van der Waals surface area contributed by atoms with E-state index in [1.54, 1.807) is 61.5 Å². The van der Waals surface area contributed by atoms with Crippen molar-refractivity contribution in [2.45, 2.75) is 13.0 Å². The predicted molar refractivity (Wildman–Crippen MR) is 112 cm³/mol. The zero-order chi connectivity index (χ0) is 20.9. The van der Waals surface area contributed by atoms with Crippen LogP contribution in [0.5, 0.6) is 17.2 Å². The van der Waals surface area contributed by atoms with Gasteiger partial charge in [0.15, 0.2) is 17.6 Å². The fraction of sp³-hybridized carbons (Fsp3) is 0.130. The van der Waals surface area contributed by atoms with Gasteiger partial charge < -0.3 is 24.8 Å². The molecule has 0 saturated heterocycles. The Bertz CT molecular complexity index is 1070. The van der Waals surface area contributed by atoms with Crippen LogP contribution in [-0.4, -0.2) is 24.7 Å². The third-order valence-electron chi connectivity index (χ3n) is 4.48. The van der Waals surface area contributed by atoms with E-state index in [1.165, 1.54) is 0 Å². The molecule has 0 aliphatic carbocycles. The molecule has 7 nitrogen and oxygen atoms in total. The molecule has 1 aliphatic rings. The molecule has 1 aliphatic heterocycles. The Kier molecular flexibility index (Phi) is 5.52. The van der Waals surface area contributed by atoms with E-state index in [9.17, 15) is 9.59 Å². The van der Waals surface area contributed by atoms with Crippen molar-refractivity contribution in [1.29, 1.82) is 0 Å². The molecule has 1 heterocycles. The molecule has 0 bridgehead atoms. The number of ether oxygens (including phenoxy) is 3. The number of para-hydroxylation sites is 2. The minimum atomic E-state index is -0.832. The van der Waals surface area contributed by atoms with Crippen molar-refractivity contribution < 1.29 is 23.8 Å². The van der Waals surface area contributed by atoms with Crippen molar-refractivity contribution >= 4 is 23.2 Å². The zero-order valence-corrected chi connectivity index (χ0v) is 16.3. The molecule has 2 amide bonds. The molecule has 4 rings (SSSR count). The molecule has 3 aromatic carbocycles. The molecule has 30 heavy (non-hydrogen) atoms. The van der Waals surface area contributed by atoms with Gasteiger partial charge in [0, 0.05) is 17.4 Å². The normalized spacial score (nSPS) is 12.7. The summed E-state index contributed by atoms with van der Waals surface area (Å²) in [5.41, 5.74) is 1.57. The van der Waals surface area contributed by atoms with E-state index in [1.807, 2.05) is 18.2 Å². The molecule has 0 radical (unpaired) electrons. The van der Waals surface area contributed by atoms with Gasteiger partial charge in [0.25, 0.3) is 11.8 Å². The van der Waals surface area contributed by atoms with Crippen LogP contribution in [0.4, 0.5) is 11.4 Å². The number of fused-ring (bicyclic) bond motifs is 1. The SMILES string of the molecule is C[C@H](Oc1ccccc1C(=O)Nc1ccccc1)C(=O)Nc1ccc2c(c1)OCO2. The summed E-state index contributed by atoms with van der Waals surface area (Å²) in [5.74, 6) is 0.853. The first kappa shape index (κ1) is 19.3. The second-order valence-electron chi connectivity index (χ2n) is 6.63. The summed E-state index contributed by atoms with van der Waals surface area (Å²) in [5, 5.41) is 5.60. The van der Waals surface area contributed by atoms with Gasteiger partial charge in [-0.05, 0) is 43.3 Å². The Morgan fingerprint density at radius 1 is 0.867 bits per heavy atom.